The Morgan fingerprint density at radius 3 is 2.75 bits per heavy atom. The van der Waals surface area contributed by atoms with E-state index in [2.05, 4.69) is 22.4 Å². The summed E-state index contributed by atoms with van der Waals surface area (Å²) in [5.74, 6) is 0. The summed E-state index contributed by atoms with van der Waals surface area (Å²) >= 11 is 1.82. The maximum atomic E-state index is 9.16. The summed E-state index contributed by atoms with van der Waals surface area (Å²) < 4.78 is 0. The fraction of sp³-hybridized carbons (Fsp3) is 0.692. The lowest BCUT2D eigenvalue weighted by Crippen LogP contribution is -2.37. The zero-order valence-electron chi connectivity index (χ0n) is 9.77. The largest absolute Gasteiger partial charge is 0.395 e. The lowest BCUT2D eigenvalue weighted by Gasteiger charge is -2.33. The third-order valence-corrected chi connectivity index (χ3v) is 4.28. The highest BCUT2D eigenvalue weighted by Crippen LogP contribution is 2.24. The first-order valence-electron chi connectivity index (χ1n) is 6.27. The predicted molar refractivity (Wildman–Crippen MR) is 68.7 cm³/mol. The summed E-state index contributed by atoms with van der Waals surface area (Å²) in [6, 6.07) is 5.00. The first-order chi connectivity index (χ1) is 7.90. The molecule has 1 aromatic rings. The average molecular weight is 239 g/mol. The van der Waals surface area contributed by atoms with Gasteiger partial charge >= 0.3 is 0 Å². The van der Waals surface area contributed by atoms with Gasteiger partial charge in [0.05, 0.1) is 6.61 Å². The normalized spacial score (nSPS) is 18.1. The minimum Gasteiger partial charge on any atom is -0.395 e. The molecule has 0 bridgehead atoms. The topological polar surface area (TPSA) is 23.5 Å². The summed E-state index contributed by atoms with van der Waals surface area (Å²) in [5.41, 5.74) is 0. The number of hydrogen-bond donors (Lipinski definition) is 1. The van der Waals surface area contributed by atoms with E-state index in [4.69, 9.17) is 5.11 Å². The summed E-state index contributed by atoms with van der Waals surface area (Å²) in [4.78, 5) is 3.88. The minimum atomic E-state index is 0.280. The van der Waals surface area contributed by atoms with E-state index >= 15 is 0 Å². The Hall–Kier alpha value is -0.380. The van der Waals surface area contributed by atoms with Crippen molar-refractivity contribution in [3.63, 3.8) is 0 Å². The van der Waals surface area contributed by atoms with Crippen LogP contribution in [0.5, 0.6) is 0 Å². The van der Waals surface area contributed by atoms with Crippen LogP contribution in [0.25, 0.3) is 0 Å². The molecule has 1 fully saturated rings. The molecule has 1 saturated carbocycles. The summed E-state index contributed by atoms with van der Waals surface area (Å²) in [6.45, 7) is 2.12. The van der Waals surface area contributed by atoms with Gasteiger partial charge in [0.1, 0.15) is 0 Å². The first kappa shape index (κ1) is 12.1. The quantitative estimate of drug-likeness (QED) is 0.854. The molecule has 2 nitrogen and oxygen atoms in total. The van der Waals surface area contributed by atoms with Crippen molar-refractivity contribution in [3.8, 4) is 0 Å². The molecule has 0 saturated heterocycles. The highest BCUT2D eigenvalue weighted by atomic mass is 32.1. The minimum absolute atomic E-state index is 0.280. The Morgan fingerprint density at radius 1 is 1.31 bits per heavy atom. The molecule has 0 aliphatic heterocycles. The monoisotopic (exact) mass is 239 g/mol. The van der Waals surface area contributed by atoms with Crippen LogP contribution in [0.1, 0.15) is 37.0 Å². The third kappa shape index (κ3) is 3.30. The number of thiophene rings is 1. The van der Waals surface area contributed by atoms with Crippen molar-refractivity contribution < 1.29 is 5.11 Å². The molecule has 1 N–H and O–H groups in total. The van der Waals surface area contributed by atoms with E-state index in [0.717, 1.165) is 13.1 Å². The summed E-state index contributed by atoms with van der Waals surface area (Å²) in [6.07, 6.45) is 6.73. The van der Waals surface area contributed by atoms with Gasteiger partial charge < -0.3 is 5.11 Å². The maximum absolute atomic E-state index is 9.16. The van der Waals surface area contributed by atoms with Crippen LogP contribution < -0.4 is 0 Å². The van der Waals surface area contributed by atoms with E-state index in [1.165, 1.54) is 37.0 Å². The molecular formula is C13H21NOS. The molecule has 1 aliphatic rings. The van der Waals surface area contributed by atoms with Crippen molar-refractivity contribution in [3.05, 3.63) is 22.4 Å². The number of aliphatic hydroxyl groups is 1. The standard InChI is InChI=1S/C13H21NOS/c15-9-8-14(11-13-7-4-10-16-13)12-5-2-1-3-6-12/h4,7,10,12,15H,1-3,5-6,8-9,11H2. The van der Waals surface area contributed by atoms with Crippen LogP contribution >= 0.6 is 11.3 Å². The van der Waals surface area contributed by atoms with Crippen molar-refractivity contribution in [2.24, 2.45) is 0 Å². The Morgan fingerprint density at radius 2 is 2.12 bits per heavy atom. The van der Waals surface area contributed by atoms with Gasteiger partial charge in [0.2, 0.25) is 0 Å². The molecule has 1 aromatic heterocycles. The maximum Gasteiger partial charge on any atom is 0.0558 e. The highest BCUT2D eigenvalue weighted by Gasteiger charge is 2.20. The van der Waals surface area contributed by atoms with Crippen molar-refractivity contribution >= 4 is 11.3 Å². The number of hydrogen-bond acceptors (Lipinski definition) is 3. The van der Waals surface area contributed by atoms with Crippen LogP contribution in [0, 0.1) is 0 Å². The Bertz CT molecular complexity index is 280. The average Bonchev–Trinajstić information content (AvgIpc) is 2.83. The molecule has 1 heterocycles. The van der Waals surface area contributed by atoms with Crippen molar-refractivity contribution in [2.75, 3.05) is 13.2 Å². The highest BCUT2D eigenvalue weighted by molar-refractivity contribution is 7.09. The second-order valence-electron chi connectivity index (χ2n) is 4.57. The molecule has 0 atom stereocenters. The molecule has 0 radical (unpaired) electrons. The van der Waals surface area contributed by atoms with Gasteiger partial charge in [-0.15, -0.1) is 11.3 Å². The van der Waals surface area contributed by atoms with Crippen LogP contribution in [-0.2, 0) is 6.54 Å². The predicted octanol–water partition coefficient (Wildman–Crippen LogP) is 2.88. The second kappa shape index (κ2) is 6.38. The van der Waals surface area contributed by atoms with Crippen molar-refractivity contribution in [2.45, 2.75) is 44.7 Å². The van der Waals surface area contributed by atoms with E-state index in [0.29, 0.717) is 6.04 Å². The van der Waals surface area contributed by atoms with Gasteiger partial charge in [0, 0.05) is 24.0 Å². The van der Waals surface area contributed by atoms with Gasteiger partial charge in [-0.25, -0.2) is 0 Å². The fourth-order valence-electron chi connectivity index (χ4n) is 2.57. The van der Waals surface area contributed by atoms with E-state index in [1.807, 2.05) is 11.3 Å². The number of aliphatic hydroxyl groups excluding tert-OH is 1. The Kier molecular flexibility index (Phi) is 4.82. The van der Waals surface area contributed by atoms with Gasteiger partial charge in [0.25, 0.3) is 0 Å². The first-order valence-corrected chi connectivity index (χ1v) is 7.15. The molecule has 90 valence electrons. The Balaban J connectivity index is 1.92. The molecule has 0 amide bonds. The van der Waals surface area contributed by atoms with Crippen LogP contribution in [0.3, 0.4) is 0 Å². The second-order valence-corrected chi connectivity index (χ2v) is 5.60. The molecule has 0 spiro atoms. The van der Waals surface area contributed by atoms with E-state index < -0.39 is 0 Å². The lowest BCUT2D eigenvalue weighted by molar-refractivity contribution is 0.118. The summed E-state index contributed by atoms with van der Waals surface area (Å²) in [5, 5.41) is 11.3. The Labute approximate surface area is 102 Å². The van der Waals surface area contributed by atoms with Gasteiger partial charge in [-0.3, -0.25) is 4.90 Å². The van der Waals surface area contributed by atoms with Crippen LogP contribution in [0.4, 0.5) is 0 Å². The van der Waals surface area contributed by atoms with Crippen molar-refractivity contribution in [1.82, 2.24) is 4.90 Å². The molecule has 1 aliphatic carbocycles. The molecule has 0 aromatic carbocycles. The summed E-state index contributed by atoms with van der Waals surface area (Å²) in [7, 11) is 0. The van der Waals surface area contributed by atoms with E-state index in [1.54, 1.807) is 0 Å². The number of rotatable bonds is 5. The van der Waals surface area contributed by atoms with Gasteiger partial charge in [0.15, 0.2) is 0 Å². The molecule has 2 rings (SSSR count). The van der Waals surface area contributed by atoms with Gasteiger partial charge in [-0.1, -0.05) is 25.3 Å². The SMILES string of the molecule is OCCN(Cc1cccs1)C1CCCCC1. The van der Waals surface area contributed by atoms with E-state index in [-0.39, 0.29) is 6.61 Å². The van der Waals surface area contributed by atoms with Crippen molar-refractivity contribution in [1.29, 1.82) is 0 Å². The van der Waals surface area contributed by atoms with Gasteiger partial charge in [-0.05, 0) is 24.3 Å². The van der Waals surface area contributed by atoms with Crippen LogP contribution in [0.15, 0.2) is 17.5 Å². The van der Waals surface area contributed by atoms with Crippen LogP contribution in [-0.4, -0.2) is 29.2 Å². The zero-order valence-corrected chi connectivity index (χ0v) is 10.6. The van der Waals surface area contributed by atoms with Gasteiger partial charge in [-0.2, -0.15) is 0 Å². The zero-order chi connectivity index (χ0) is 11.2. The molecular weight excluding hydrogens is 218 g/mol. The molecule has 0 unspecified atom stereocenters. The smallest absolute Gasteiger partial charge is 0.0558 e. The molecule has 16 heavy (non-hydrogen) atoms. The van der Waals surface area contributed by atoms with E-state index in [9.17, 15) is 0 Å². The van der Waals surface area contributed by atoms with Crippen LogP contribution in [0.2, 0.25) is 0 Å². The fourth-order valence-corrected chi connectivity index (χ4v) is 3.30. The third-order valence-electron chi connectivity index (χ3n) is 3.42. The lowest BCUT2D eigenvalue weighted by atomic mass is 9.94. The molecule has 3 heteroatoms. The number of nitrogens with zero attached hydrogens (tertiary/aromatic N) is 1.